The molecule has 0 spiro atoms. The quantitative estimate of drug-likeness (QED) is 0.774. The predicted octanol–water partition coefficient (Wildman–Crippen LogP) is 2.23. The van der Waals surface area contributed by atoms with Crippen molar-refractivity contribution in [2.75, 3.05) is 50.1 Å². The van der Waals surface area contributed by atoms with Gasteiger partial charge in [0.1, 0.15) is 10.8 Å². The van der Waals surface area contributed by atoms with E-state index in [2.05, 4.69) is 15.1 Å². The number of thiophene rings is 1. The number of methoxy groups -OCH3 is 1. The number of hydrogen-bond donors (Lipinski definition) is 2. The van der Waals surface area contributed by atoms with Crippen LogP contribution in [0.4, 0.5) is 10.7 Å². The molecule has 1 saturated heterocycles. The van der Waals surface area contributed by atoms with Gasteiger partial charge in [-0.1, -0.05) is 12.1 Å². The van der Waals surface area contributed by atoms with Gasteiger partial charge in [-0.2, -0.15) is 0 Å². The third kappa shape index (κ3) is 4.28. The number of amides is 2. The standard InChI is InChI=1S/C20H26N4O3S/c1-13-14(2)28-20(18(13)19(21)26)22-17(25)12-23-8-10-24(11-9-23)15-6-4-5-7-16(15)27-3/h4-7H,8-12H2,1-3H3,(H2,21,26)(H,22,25). The van der Waals surface area contributed by atoms with E-state index in [9.17, 15) is 9.59 Å². The number of anilines is 2. The number of nitrogens with one attached hydrogen (secondary N) is 1. The fraction of sp³-hybridized carbons (Fsp3) is 0.400. The molecule has 2 amide bonds. The molecule has 1 aromatic heterocycles. The van der Waals surface area contributed by atoms with Crippen LogP contribution in [0.5, 0.6) is 5.75 Å². The lowest BCUT2D eigenvalue weighted by atomic mass is 10.1. The Balaban J connectivity index is 1.57. The Labute approximate surface area is 169 Å². The third-order valence-corrected chi connectivity index (χ3v) is 6.17. The molecule has 28 heavy (non-hydrogen) atoms. The first-order chi connectivity index (χ1) is 13.4. The molecule has 0 bridgehead atoms. The summed E-state index contributed by atoms with van der Waals surface area (Å²) in [5, 5.41) is 3.41. The molecule has 1 aliphatic rings. The predicted molar refractivity (Wildman–Crippen MR) is 113 cm³/mol. The van der Waals surface area contributed by atoms with Crippen LogP contribution in [0.15, 0.2) is 24.3 Å². The first-order valence-electron chi connectivity index (χ1n) is 9.20. The maximum atomic E-state index is 12.5. The van der Waals surface area contributed by atoms with E-state index < -0.39 is 5.91 Å². The minimum Gasteiger partial charge on any atom is -0.495 e. The van der Waals surface area contributed by atoms with Crippen LogP contribution in [0.2, 0.25) is 0 Å². The molecule has 150 valence electrons. The molecule has 1 aromatic carbocycles. The topological polar surface area (TPSA) is 87.9 Å². The number of carbonyl (C=O) groups excluding carboxylic acids is 2. The van der Waals surface area contributed by atoms with Gasteiger partial charge in [-0.05, 0) is 31.5 Å². The summed E-state index contributed by atoms with van der Waals surface area (Å²) in [5.41, 5.74) is 7.79. The van der Waals surface area contributed by atoms with Crippen LogP contribution < -0.4 is 20.7 Å². The third-order valence-electron chi connectivity index (χ3n) is 5.05. The van der Waals surface area contributed by atoms with Gasteiger partial charge in [0.05, 0.1) is 24.9 Å². The van der Waals surface area contributed by atoms with Gasteiger partial charge < -0.3 is 20.7 Å². The van der Waals surface area contributed by atoms with E-state index in [-0.39, 0.29) is 12.5 Å². The normalized spacial score (nSPS) is 14.8. The fourth-order valence-corrected chi connectivity index (χ4v) is 4.50. The molecule has 0 atom stereocenters. The largest absolute Gasteiger partial charge is 0.495 e. The number of nitrogens with two attached hydrogens (primary N) is 1. The van der Waals surface area contributed by atoms with Crippen LogP contribution in [0.25, 0.3) is 0 Å². The molecule has 1 aliphatic heterocycles. The van der Waals surface area contributed by atoms with Crippen molar-refractivity contribution in [3.8, 4) is 5.75 Å². The van der Waals surface area contributed by atoms with Crippen LogP contribution in [0.3, 0.4) is 0 Å². The van der Waals surface area contributed by atoms with Crippen LogP contribution >= 0.6 is 11.3 Å². The Morgan fingerprint density at radius 1 is 1.18 bits per heavy atom. The molecule has 0 saturated carbocycles. The van der Waals surface area contributed by atoms with Crippen molar-refractivity contribution in [3.63, 3.8) is 0 Å². The summed E-state index contributed by atoms with van der Waals surface area (Å²) < 4.78 is 5.44. The zero-order chi connectivity index (χ0) is 20.3. The zero-order valence-electron chi connectivity index (χ0n) is 16.4. The molecule has 8 heteroatoms. The van der Waals surface area contributed by atoms with Gasteiger partial charge in [-0.15, -0.1) is 11.3 Å². The van der Waals surface area contributed by atoms with E-state index in [0.29, 0.717) is 10.6 Å². The maximum Gasteiger partial charge on any atom is 0.251 e. The van der Waals surface area contributed by atoms with E-state index in [1.807, 2.05) is 38.1 Å². The molecule has 0 unspecified atom stereocenters. The van der Waals surface area contributed by atoms with E-state index in [1.165, 1.54) is 11.3 Å². The number of nitrogens with zero attached hydrogens (tertiary/aromatic N) is 2. The Hall–Kier alpha value is -2.58. The molecule has 2 aromatic rings. The van der Waals surface area contributed by atoms with Gasteiger partial charge in [0.25, 0.3) is 5.91 Å². The second-order valence-electron chi connectivity index (χ2n) is 6.83. The number of benzene rings is 1. The number of hydrogen-bond acceptors (Lipinski definition) is 6. The first-order valence-corrected chi connectivity index (χ1v) is 10.0. The van der Waals surface area contributed by atoms with Crippen molar-refractivity contribution in [1.82, 2.24) is 4.90 Å². The van der Waals surface area contributed by atoms with Gasteiger partial charge in [0.2, 0.25) is 5.91 Å². The average Bonchev–Trinajstić information content (AvgIpc) is 2.95. The van der Waals surface area contributed by atoms with E-state index in [0.717, 1.165) is 48.1 Å². The second kappa shape index (κ2) is 8.62. The minimum absolute atomic E-state index is 0.130. The number of ether oxygens (including phenoxy) is 1. The van der Waals surface area contributed by atoms with Gasteiger partial charge in [-0.3, -0.25) is 14.5 Å². The summed E-state index contributed by atoms with van der Waals surface area (Å²) in [5.74, 6) is 0.216. The number of para-hydroxylation sites is 2. The highest BCUT2D eigenvalue weighted by Gasteiger charge is 2.23. The Morgan fingerprint density at radius 3 is 2.50 bits per heavy atom. The number of aryl methyl sites for hydroxylation is 1. The van der Waals surface area contributed by atoms with Gasteiger partial charge in [0.15, 0.2) is 0 Å². The summed E-state index contributed by atoms with van der Waals surface area (Å²) in [6.45, 7) is 7.23. The lowest BCUT2D eigenvalue weighted by Gasteiger charge is -2.36. The molecule has 0 radical (unpaired) electrons. The molecule has 7 nitrogen and oxygen atoms in total. The highest BCUT2D eigenvalue weighted by atomic mass is 32.1. The van der Waals surface area contributed by atoms with Crippen LogP contribution in [0, 0.1) is 13.8 Å². The lowest BCUT2D eigenvalue weighted by Crippen LogP contribution is -2.48. The summed E-state index contributed by atoms with van der Waals surface area (Å²) in [6.07, 6.45) is 0. The Bertz CT molecular complexity index is 872. The molecule has 0 aliphatic carbocycles. The van der Waals surface area contributed by atoms with Crippen molar-refractivity contribution in [3.05, 3.63) is 40.3 Å². The number of piperazine rings is 1. The molecule has 2 heterocycles. The number of primary amides is 1. The molecular formula is C20H26N4O3S. The van der Waals surface area contributed by atoms with Crippen molar-refractivity contribution in [2.45, 2.75) is 13.8 Å². The van der Waals surface area contributed by atoms with Gasteiger partial charge >= 0.3 is 0 Å². The van der Waals surface area contributed by atoms with Crippen molar-refractivity contribution >= 4 is 33.8 Å². The lowest BCUT2D eigenvalue weighted by molar-refractivity contribution is -0.117. The summed E-state index contributed by atoms with van der Waals surface area (Å²) in [4.78, 5) is 29.6. The monoisotopic (exact) mass is 402 g/mol. The zero-order valence-corrected chi connectivity index (χ0v) is 17.3. The van der Waals surface area contributed by atoms with E-state index >= 15 is 0 Å². The highest BCUT2D eigenvalue weighted by molar-refractivity contribution is 7.16. The van der Waals surface area contributed by atoms with Gasteiger partial charge in [-0.25, -0.2) is 0 Å². The van der Waals surface area contributed by atoms with Crippen molar-refractivity contribution < 1.29 is 14.3 Å². The highest BCUT2D eigenvalue weighted by Crippen LogP contribution is 2.32. The Morgan fingerprint density at radius 2 is 1.86 bits per heavy atom. The SMILES string of the molecule is COc1ccccc1N1CCN(CC(=O)Nc2sc(C)c(C)c2C(N)=O)CC1. The van der Waals surface area contributed by atoms with Gasteiger partial charge in [0, 0.05) is 31.1 Å². The van der Waals surface area contributed by atoms with Crippen LogP contribution in [-0.2, 0) is 4.79 Å². The molecule has 3 N–H and O–H groups in total. The minimum atomic E-state index is -0.512. The fourth-order valence-electron chi connectivity index (χ4n) is 3.42. The summed E-state index contributed by atoms with van der Waals surface area (Å²) in [7, 11) is 1.67. The van der Waals surface area contributed by atoms with Crippen molar-refractivity contribution in [1.29, 1.82) is 0 Å². The van der Waals surface area contributed by atoms with E-state index in [4.69, 9.17) is 10.5 Å². The number of carbonyl (C=O) groups is 2. The van der Waals surface area contributed by atoms with Crippen molar-refractivity contribution in [2.24, 2.45) is 5.73 Å². The smallest absolute Gasteiger partial charge is 0.251 e. The average molecular weight is 403 g/mol. The van der Waals surface area contributed by atoms with Crippen LogP contribution in [0.1, 0.15) is 20.8 Å². The van der Waals surface area contributed by atoms with Crippen LogP contribution in [-0.4, -0.2) is 56.5 Å². The summed E-state index contributed by atoms with van der Waals surface area (Å²) in [6, 6.07) is 7.96. The second-order valence-corrected chi connectivity index (χ2v) is 8.06. The molecule has 3 rings (SSSR count). The first kappa shape index (κ1) is 20.2. The maximum absolute atomic E-state index is 12.5. The molecular weight excluding hydrogens is 376 g/mol. The molecule has 1 fully saturated rings. The summed E-state index contributed by atoms with van der Waals surface area (Å²) >= 11 is 1.39. The number of rotatable bonds is 6. The Kier molecular flexibility index (Phi) is 6.21. The van der Waals surface area contributed by atoms with E-state index in [1.54, 1.807) is 7.11 Å².